The lowest BCUT2D eigenvalue weighted by atomic mass is 10.0. The molecule has 0 N–H and O–H groups in total. The molecule has 0 bridgehead atoms. The fourth-order valence-electron chi connectivity index (χ4n) is 8.04. The molecule has 1 aliphatic rings. The van der Waals surface area contributed by atoms with Crippen LogP contribution in [-0.2, 0) is 0 Å². The Labute approximate surface area is 275 Å². The molecule has 0 fully saturated rings. The maximum absolute atomic E-state index is 3.08. The van der Waals surface area contributed by atoms with Crippen molar-refractivity contribution < 1.29 is 0 Å². The van der Waals surface area contributed by atoms with E-state index in [-0.39, 0.29) is 5.04 Å². The molecule has 0 heterocycles. The van der Waals surface area contributed by atoms with Crippen molar-refractivity contribution in [2.24, 2.45) is 0 Å². The van der Waals surface area contributed by atoms with Crippen LogP contribution in [0.4, 0.5) is 0 Å². The number of rotatable bonds is 7. The summed E-state index contributed by atoms with van der Waals surface area (Å²) in [7, 11) is -3.08. The minimum Gasteiger partial charge on any atom is -0.0730 e. The molecule has 0 radical (unpaired) electrons. The highest BCUT2D eigenvalue weighted by atomic mass is 28.3. The monoisotopic (exact) mass is 608 g/mol. The molecule has 7 rings (SSSR count). The van der Waals surface area contributed by atoms with Crippen molar-refractivity contribution in [2.45, 2.75) is 32.7 Å². The Morgan fingerprint density at radius 3 is 1.00 bits per heavy atom. The minimum absolute atomic E-state index is 0.262. The van der Waals surface area contributed by atoms with Crippen molar-refractivity contribution >= 4 is 23.6 Å². The van der Waals surface area contributed by atoms with Crippen molar-refractivity contribution in [1.29, 1.82) is 0 Å². The molecule has 0 aliphatic heterocycles. The van der Waals surface area contributed by atoms with Gasteiger partial charge in [0.1, 0.15) is 0 Å². The maximum Gasteiger partial charge on any atom is 0.163 e. The average Bonchev–Trinajstić information content (AvgIpc) is 3.32. The Balaban J connectivity index is 1.75. The molecule has 0 aromatic heterocycles. The predicted octanol–water partition coefficient (Wildman–Crippen LogP) is 10.2. The van der Waals surface area contributed by atoms with Gasteiger partial charge in [0.2, 0.25) is 0 Å². The number of benzene rings is 6. The molecule has 1 atom stereocenters. The molecule has 6 aromatic rings. The third-order valence-electron chi connectivity index (χ3n) is 10.5. The maximum atomic E-state index is 2.62. The highest BCUT2D eigenvalue weighted by Crippen LogP contribution is 2.54. The molecule has 1 aliphatic carbocycles. The van der Waals surface area contributed by atoms with E-state index in [9.17, 15) is 0 Å². The second-order valence-corrected chi connectivity index (χ2v) is 16.9. The summed E-state index contributed by atoms with van der Waals surface area (Å²) in [5.41, 5.74) is 11.9. The topological polar surface area (TPSA) is 0 Å². The Hall–Kier alpha value is -4.98. The van der Waals surface area contributed by atoms with Crippen molar-refractivity contribution in [3.63, 3.8) is 0 Å². The second kappa shape index (κ2) is 12.1. The molecule has 224 valence electrons. The fourth-order valence-corrected chi connectivity index (χ4v) is 14.7. The van der Waals surface area contributed by atoms with Crippen LogP contribution in [-0.4, -0.2) is 8.07 Å². The molecular weight excluding hydrogens is 569 g/mol. The summed E-state index contributed by atoms with van der Waals surface area (Å²) >= 11 is 0. The first kappa shape index (κ1) is 29.7. The smallest absolute Gasteiger partial charge is 0.0730 e. The van der Waals surface area contributed by atoms with Crippen LogP contribution in [0.3, 0.4) is 0 Å². The van der Waals surface area contributed by atoms with Gasteiger partial charge in [-0.05, 0) is 75.3 Å². The van der Waals surface area contributed by atoms with Crippen LogP contribution in [0.25, 0.3) is 33.4 Å². The zero-order valence-electron chi connectivity index (χ0n) is 27.2. The molecule has 0 amide bonds. The average molecular weight is 609 g/mol. The van der Waals surface area contributed by atoms with E-state index in [0.29, 0.717) is 0 Å². The number of hydrogen-bond donors (Lipinski definition) is 0. The minimum atomic E-state index is -3.08. The molecule has 0 saturated carbocycles. The Morgan fingerprint density at radius 1 is 0.391 bits per heavy atom. The zero-order valence-corrected chi connectivity index (χ0v) is 28.2. The van der Waals surface area contributed by atoms with Gasteiger partial charge in [-0.1, -0.05) is 188 Å². The highest BCUT2D eigenvalue weighted by molar-refractivity contribution is 7.15. The molecule has 6 aromatic carbocycles. The van der Waals surface area contributed by atoms with Gasteiger partial charge in [-0.3, -0.25) is 0 Å². The van der Waals surface area contributed by atoms with Crippen LogP contribution >= 0.6 is 0 Å². The van der Waals surface area contributed by atoms with Crippen LogP contribution in [0.15, 0.2) is 187 Å². The van der Waals surface area contributed by atoms with Crippen molar-refractivity contribution in [3.8, 4) is 33.4 Å². The molecule has 1 unspecified atom stereocenters. The summed E-state index contributed by atoms with van der Waals surface area (Å²) in [6.07, 6.45) is 2.62. The lowest BCUT2D eigenvalue weighted by Gasteiger charge is -2.49. The number of hydrogen-bond acceptors (Lipinski definition) is 0. The molecule has 0 nitrogen and oxygen atoms in total. The summed E-state index contributed by atoms with van der Waals surface area (Å²) in [5, 5.41) is 4.05. The van der Waals surface area contributed by atoms with E-state index in [2.05, 4.69) is 198 Å². The summed E-state index contributed by atoms with van der Waals surface area (Å²) in [6, 6.07) is 60.8. The van der Waals surface area contributed by atoms with E-state index in [1.54, 1.807) is 0 Å². The molecule has 46 heavy (non-hydrogen) atoms. The van der Waals surface area contributed by atoms with Crippen LogP contribution < -0.4 is 15.6 Å². The van der Waals surface area contributed by atoms with Crippen LogP contribution in [0.2, 0.25) is 5.04 Å². The molecule has 0 spiro atoms. The zero-order chi connectivity index (χ0) is 31.7. The van der Waals surface area contributed by atoms with E-state index in [1.165, 1.54) is 65.7 Å². The summed E-state index contributed by atoms with van der Waals surface area (Å²) < 4.78 is 0. The van der Waals surface area contributed by atoms with Gasteiger partial charge in [0, 0.05) is 5.04 Å². The van der Waals surface area contributed by atoms with Gasteiger partial charge in [0.05, 0.1) is 0 Å². The Kier molecular flexibility index (Phi) is 7.80. The number of allylic oxidation sites excluding steroid dienone is 4. The van der Waals surface area contributed by atoms with Crippen molar-refractivity contribution in [2.75, 3.05) is 0 Å². The normalized spacial score (nSPS) is 16.4. The fraction of sp³-hybridized carbons (Fsp3) is 0.111. The van der Waals surface area contributed by atoms with Crippen LogP contribution in [0.5, 0.6) is 0 Å². The van der Waals surface area contributed by atoms with Gasteiger partial charge in [-0.15, -0.1) is 0 Å². The van der Waals surface area contributed by atoms with E-state index in [1.807, 2.05) is 0 Å². The molecule has 0 saturated heterocycles. The highest BCUT2D eigenvalue weighted by Gasteiger charge is 2.58. The summed E-state index contributed by atoms with van der Waals surface area (Å²) in [6.45, 7) is 9.56. The van der Waals surface area contributed by atoms with Crippen LogP contribution in [0.1, 0.15) is 27.7 Å². The van der Waals surface area contributed by atoms with E-state index in [0.717, 1.165) is 0 Å². The van der Waals surface area contributed by atoms with Gasteiger partial charge in [-0.25, -0.2) is 0 Å². The Morgan fingerprint density at radius 2 is 0.696 bits per heavy atom. The first-order valence-corrected chi connectivity index (χ1v) is 18.3. The quantitative estimate of drug-likeness (QED) is 0.125. The van der Waals surface area contributed by atoms with Gasteiger partial charge in [0.15, 0.2) is 8.07 Å². The molecular formula is C45H40Si. The lowest BCUT2D eigenvalue weighted by Crippen LogP contribution is -2.74. The van der Waals surface area contributed by atoms with Gasteiger partial charge in [-0.2, -0.15) is 0 Å². The van der Waals surface area contributed by atoms with Gasteiger partial charge < -0.3 is 0 Å². The standard InChI is InChI=1S/C45H40Si/c1-33-32-45(4,35(3)34(33)2)46(42-29-17-14-26-39(42)36-20-8-5-9-21-36,43-30-18-15-27-40(43)37-22-10-6-11-23-37)44-31-19-16-28-41(44)38-24-12-7-13-25-38/h5-32H,1-4H3. The third kappa shape index (κ3) is 4.66. The van der Waals surface area contributed by atoms with E-state index in [4.69, 9.17) is 0 Å². The largest absolute Gasteiger partial charge is 0.163 e. The van der Waals surface area contributed by atoms with Gasteiger partial charge >= 0.3 is 0 Å². The first-order valence-electron chi connectivity index (χ1n) is 16.3. The molecule has 1 heteroatoms. The summed E-state index contributed by atoms with van der Waals surface area (Å²) in [4.78, 5) is 0. The Bertz CT molecular complexity index is 1870. The van der Waals surface area contributed by atoms with Crippen molar-refractivity contribution in [3.05, 3.63) is 187 Å². The SMILES string of the molecule is CC1=CC(C)([Si](c2ccccc2-c2ccccc2)(c2ccccc2-c2ccccc2)c2ccccc2-c2ccccc2)C(C)=C1C. The van der Waals surface area contributed by atoms with Gasteiger partial charge in [0.25, 0.3) is 0 Å². The van der Waals surface area contributed by atoms with Crippen molar-refractivity contribution in [1.82, 2.24) is 0 Å². The van der Waals surface area contributed by atoms with Crippen LogP contribution in [0, 0.1) is 0 Å². The predicted molar refractivity (Wildman–Crippen MR) is 201 cm³/mol. The second-order valence-electron chi connectivity index (χ2n) is 12.8. The third-order valence-corrected chi connectivity index (χ3v) is 16.3. The van der Waals surface area contributed by atoms with E-state index < -0.39 is 8.07 Å². The first-order chi connectivity index (χ1) is 22.5. The lowest BCUT2D eigenvalue weighted by molar-refractivity contribution is 0.870. The van der Waals surface area contributed by atoms with E-state index >= 15 is 0 Å². The summed E-state index contributed by atoms with van der Waals surface area (Å²) in [5.74, 6) is 0.